The van der Waals surface area contributed by atoms with Gasteiger partial charge in [0.2, 0.25) is 5.91 Å². The predicted molar refractivity (Wildman–Crippen MR) is 120 cm³/mol. The van der Waals surface area contributed by atoms with E-state index in [0.29, 0.717) is 37.6 Å². The van der Waals surface area contributed by atoms with Gasteiger partial charge in [-0.25, -0.2) is 14.8 Å². The fourth-order valence-electron chi connectivity index (χ4n) is 3.87. The molecule has 0 bridgehead atoms. The predicted octanol–water partition coefficient (Wildman–Crippen LogP) is 1.93. The standard InChI is InChI=1S/C23H34N4O6/c1-6-9-17-20(23(31)33-8-3)21(25-16(5)24-17)22(30)26-12-13-27(15(4)14-26)18(28)10-11-19(29)32-7-2/h15H,6-14H2,1-5H3. The minimum absolute atomic E-state index is 0.0296. The summed E-state index contributed by atoms with van der Waals surface area (Å²) in [4.78, 5) is 62.2. The van der Waals surface area contributed by atoms with Gasteiger partial charge in [-0.05, 0) is 34.1 Å². The van der Waals surface area contributed by atoms with Crippen LogP contribution in [0.4, 0.5) is 0 Å². The van der Waals surface area contributed by atoms with Gasteiger partial charge in [0, 0.05) is 32.1 Å². The average Bonchev–Trinajstić information content (AvgIpc) is 2.77. The first kappa shape index (κ1) is 26.2. The zero-order chi connectivity index (χ0) is 24.5. The number of ether oxygens (including phenoxy) is 2. The van der Waals surface area contributed by atoms with Crippen LogP contribution >= 0.6 is 0 Å². The molecule has 0 saturated carbocycles. The fourth-order valence-corrected chi connectivity index (χ4v) is 3.87. The van der Waals surface area contributed by atoms with E-state index < -0.39 is 11.9 Å². The number of carbonyl (C=O) groups is 4. The molecular formula is C23H34N4O6. The number of aryl methyl sites for hydroxylation is 2. The summed E-state index contributed by atoms with van der Waals surface area (Å²) >= 11 is 0. The highest BCUT2D eigenvalue weighted by molar-refractivity contribution is 6.04. The molecule has 0 radical (unpaired) electrons. The monoisotopic (exact) mass is 462 g/mol. The first-order valence-corrected chi connectivity index (χ1v) is 11.5. The minimum atomic E-state index is -0.606. The van der Waals surface area contributed by atoms with Gasteiger partial charge in [0.05, 0.1) is 25.3 Å². The molecule has 182 valence electrons. The first-order valence-electron chi connectivity index (χ1n) is 11.5. The maximum atomic E-state index is 13.4. The molecule has 0 aromatic carbocycles. The highest BCUT2D eigenvalue weighted by Crippen LogP contribution is 2.20. The third kappa shape index (κ3) is 6.72. The molecule has 1 aliphatic rings. The van der Waals surface area contributed by atoms with Gasteiger partial charge in [0.1, 0.15) is 17.1 Å². The molecule has 10 nitrogen and oxygen atoms in total. The molecule has 1 aromatic heterocycles. The normalized spacial score (nSPS) is 15.8. The van der Waals surface area contributed by atoms with Crippen molar-refractivity contribution in [2.24, 2.45) is 0 Å². The lowest BCUT2D eigenvalue weighted by molar-refractivity contribution is -0.146. The smallest absolute Gasteiger partial charge is 0.342 e. The first-order chi connectivity index (χ1) is 15.7. The highest BCUT2D eigenvalue weighted by Gasteiger charge is 2.34. The molecule has 2 amide bonds. The van der Waals surface area contributed by atoms with Crippen LogP contribution in [0.2, 0.25) is 0 Å². The molecule has 33 heavy (non-hydrogen) atoms. The van der Waals surface area contributed by atoms with Crippen molar-refractivity contribution in [1.82, 2.24) is 19.8 Å². The van der Waals surface area contributed by atoms with Crippen molar-refractivity contribution in [3.8, 4) is 0 Å². The highest BCUT2D eigenvalue weighted by atomic mass is 16.5. The Balaban J connectivity index is 2.18. The van der Waals surface area contributed by atoms with Gasteiger partial charge in [0.15, 0.2) is 0 Å². The van der Waals surface area contributed by atoms with E-state index in [2.05, 4.69) is 9.97 Å². The molecular weight excluding hydrogens is 428 g/mol. The van der Waals surface area contributed by atoms with Crippen molar-refractivity contribution in [3.05, 3.63) is 22.8 Å². The van der Waals surface area contributed by atoms with Crippen molar-refractivity contribution in [1.29, 1.82) is 0 Å². The van der Waals surface area contributed by atoms with E-state index in [4.69, 9.17) is 9.47 Å². The molecule has 1 fully saturated rings. The number of aromatic nitrogens is 2. The number of amides is 2. The van der Waals surface area contributed by atoms with Gasteiger partial charge >= 0.3 is 11.9 Å². The van der Waals surface area contributed by atoms with Crippen molar-refractivity contribution in [3.63, 3.8) is 0 Å². The fraction of sp³-hybridized carbons (Fsp3) is 0.652. The molecule has 1 unspecified atom stereocenters. The van der Waals surface area contributed by atoms with E-state index in [1.54, 1.807) is 30.6 Å². The molecule has 10 heteroatoms. The van der Waals surface area contributed by atoms with Crippen LogP contribution in [0.5, 0.6) is 0 Å². The van der Waals surface area contributed by atoms with Crippen LogP contribution in [0, 0.1) is 6.92 Å². The van der Waals surface area contributed by atoms with E-state index in [0.717, 1.165) is 6.42 Å². The summed E-state index contributed by atoms with van der Waals surface area (Å²) in [5.74, 6) is -1.13. The maximum Gasteiger partial charge on any atom is 0.342 e. The van der Waals surface area contributed by atoms with Gasteiger partial charge in [-0.15, -0.1) is 0 Å². The SMILES string of the molecule is CCCc1nc(C)nc(C(=O)N2CCN(C(=O)CCC(=O)OCC)C(C)C2)c1C(=O)OCC. The molecule has 1 atom stereocenters. The van der Waals surface area contributed by atoms with Gasteiger partial charge < -0.3 is 19.3 Å². The Morgan fingerprint density at radius 3 is 2.30 bits per heavy atom. The third-order valence-corrected chi connectivity index (χ3v) is 5.35. The van der Waals surface area contributed by atoms with E-state index in [1.807, 2.05) is 13.8 Å². The Hall–Kier alpha value is -3.04. The summed E-state index contributed by atoms with van der Waals surface area (Å²) in [6.07, 6.45) is 1.37. The van der Waals surface area contributed by atoms with E-state index >= 15 is 0 Å². The van der Waals surface area contributed by atoms with Crippen LogP contribution in [0.3, 0.4) is 0 Å². The summed E-state index contributed by atoms with van der Waals surface area (Å²) < 4.78 is 10.1. The Kier molecular flexibility index (Phi) is 9.74. The van der Waals surface area contributed by atoms with Crippen LogP contribution in [0.1, 0.15) is 79.3 Å². The number of hydrogen-bond acceptors (Lipinski definition) is 8. The van der Waals surface area contributed by atoms with Crippen LogP contribution in [-0.4, -0.2) is 82.4 Å². The largest absolute Gasteiger partial charge is 0.466 e. The lowest BCUT2D eigenvalue weighted by Gasteiger charge is -2.40. The minimum Gasteiger partial charge on any atom is -0.466 e. The Labute approximate surface area is 194 Å². The van der Waals surface area contributed by atoms with Crippen molar-refractivity contribution in [2.45, 2.75) is 66.3 Å². The van der Waals surface area contributed by atoms with E-state index in [-0.39, 0.29) is 55.2 Å². The maximum absolute atomic E-state index is 13.4. The summed E-state index contributed by atoms with van der Waals surface area (Å²) in [5, 5.41) is 0. The molecule has 0 aliphatic carbocycles. The summed E-state index contributed by atoms with van der Waals surface area (Å²) in [6, 6.07) is -0.249. The van der Waals surface area contributed by atoms with E-state index in [1.165, 1.54) is 0 Å². The van der Waals surface area contributed by atoms with Crippen molar-refractivity contribution < 1.29 is 28.7 Å². The molecule has 0 N–H and O–H groups in total. The Morgan fingerprint density at radius 2 is 1.70 bits per heavy atom. The number of carbonyl (C=O) groups excluding carboxylic acids is 4. The van der Waals surface area contributed by atoms with Crippen molar-refractivity contribution >= 4 is 23.8 Å². The van der Waals surface area contributed by atoms with Gasteiger partial charge in [0.25, 0.3) is 5.91 Å². The summed E-state index contributed by atoms with van der Waals surface area (Å²) in [7, 11) is 0. The van der Waals surface area contributed by atoms with Crippen molar-refractivity contribution in [2.75, 3.05) is 32.8 Å². The molecule has 1 saturated heterocycles. The average molecular weight is 463 g/mol. The molecule has 1 aliphatic heterocycles. The molecule has 1 aromatic rings. The Bertz CT molecular complexity index is 888. The van der Waals surface area contributed by atoms with Gasteiger partial charge in [-0.1, -0.05) is 13.3 Å². The van der Waals surface area contributed by atoms with Gasteiger partial charge in [-0.3, -0.25) is 14.4 Å². The van der Waals surface area contributed by atoms with Crippen LogP contribution in [0.15, 0.2) is 0 Å². The zero-order valence-electron chi connectivity index (χ0n) is 20.2. The lowest BCUT2D eigenvalue weighted by Crippen LogP contribution is -2.55. The number of hydrogen-bond donors (Lipinski definition) is 0. The molecule has 2 rings (SSSR count). The zero-order valence-corrected chi connectivity index (χ0v) is 20.2. The summed E-state index contributed by atoms with van der Waals surface area (Å²) in [6.45, 7) is 10.3. The molecule has 2 heterocycles. The summed E-state index contributed by atoms with van der Waals surface area (Å²) in [5.41, 5.74) is 0.668. The van der Waals surface area contributed by atoms with Crippen LogP contribution < -0.4 is 0 Å². The second kappa shape index (κ2) is 12.3. The third-order valence-electron chi connectivity index (χ3n) is 5.35. The quantitative estimate of drug-likeness (QED) is 0.511. The van der Waals surface area contributed by atoms with Crippen LogP contribution in [-0.2, 0) is 25.5 Å². The molecule has 0 spiro atoms. The Morgan fingerprint density at radius 1 is 1.00 bits per heavy atom. The number of esters is 2. The number of piperazine rings is 1. The second-order valence-corrected chi connectivity index (χ2v) is 7.90. The second-order valence-electron chi connectivity index (χ2n) is 7.90. The number of nitrogens with zero attached hydrogens (tertiary/aromatic N) is 4. The van der Waals surface area contributed by atoms with Gasteiger partial charge in [-0.2, -0.15) is 0 Å². The topological polar surface area (TPSA) is 119 Å². The number of rotatable bonds is 9. The van der Waals surface area contributed by atoms with E-state index in [9.17, 15) is 19.2 Å². The lowest BCUT2D eigenvalue weighted by atomic mass is 10.1. The van der Waals surface area contributed by atoms with Crippen LogP contribution in [0.25, 0.3) is 0 Å².